The molecule has 0 unspecified atom stereocenters. The first-order valence-corrected chi connectivity index (χ1v) is 9.85. The number of ether oxygens (including phenoxy) is 2. The van der Waals surface area contributed by atoms with Gasteiger partial charge in [-0.1, -0.05) is 60.7 Å². The first-order valence-electron chi connectivity index (χ1n) is 9.06. The van der Waals surface area contributed by atoms with Crippen LogP contribution in [-0.4, -0.2) is 19.2 Å². The first kappa shape index (κ1) is 20.6. The van der Waals surface area contributed by atoms with Crippen LogP contribution in [0.5, 0.6) is 11.5 Å². The van der Waals surface area contributed by atoms with Gasteiger partial charge in [0.1, 0.15) is 6.61 Å². The first-order chi connectivity index (χ1) is 14.2. The highest BCUT2D eigenvalue weighted by molar-refractivity contribution is 9.10. The van der Waals surface area contributed by atoms with E-state index in [0.717, 1.165) is 21.2 Å². The number of amides is 1. The summed E-state index contributed by atoms with van der Waals surface area (Å²) in [6.07, 6.45) is 1.84. The Morgan fingerprint density at radius 1 is 1.00 bits per heavy atom. The van der Waals surface area contributed by atoms with Gasteiger partial charge in [-0.2, -0.15) is 5.10 Å². The lowest BCUT2D eigenvalue weighted by Crippen LogP contribution is -2.19. The minimum atomic E-state index is -0.182. The van der Waals surface area contributed by atoms with Crippen LogP contribution in [0.3, 0.4) is 0 Å². The van der Waals surface area contributed by atoms with E-state index in [0.29, 0.717) is 18.1 Å². The van der Waals surface area contributed by atoms with Crippen LogP contribution in [0.25, 0.3) is 0 Å². The van der Waals surface area contributed by atoms with Crippen LogP contribution in [-0.2, 0) is 17.8 Å². The third kappa shape index (κ3) is 6.19. The van der Waals surface area contributed by atoms with Gasteiger partial charge in [0.25, 0.3) is 0 Å². The number of hydrazone groups is 1. The predicted molar refractivity (Wildman–Crippen MR) is 117 cm³/mol. The van der Waals surface area contributed by atoms with Gasteiger partial charge < -0.3 is 9.47 Å². The molecule has 0 aromatic heterocycles. The fourth-order valence-corrected chi connectivity index (χ4v) is 3.08. The van der Waals surface area contributed by atoms with Crippen molar-refractivity contribution in [1.29, 1.82) is 0 Å². The van der Waals surface area contributed by atoms with E-state index >= 15 is 0 Å². The van der Waals surface area contributed by atoms with Gasteiger partial charge in [-0.3, -0.25) is 4.79 Å². The number of halogens is 1. The summed E-state index contributed by atoms with van der Waals surface area (Å²) in [5.41, 5.74) is 5.30. The van der Waals surface area contributed by atoms with Crippen molar-refractivity contribution in [2.75, 3.05) is 7.11 Å². The lowest BCUT2D eigenvalue weighted by atomic mass is 10.1. The van der Waals surface area contributed by atoms with E-state index in [-0.39, 0.29) is 12.3 Å². The molecular formula is C23H21BrN2O3. The van der Waals surface area contributed by atoms with E-state index < -0.39 is 0 Å². The maximum Gasteiger partial charge on any atom is 0.244 e. The monoisotopic (exact) mass is 452 g/mol. The number of nitrogens with zero attached hydrogens (tertiary/aromatic N) is 1. The van der Waals surface area contributed by atoms with Gasteiger partial charge in [-0.15, -0.1) is 0 Å². The quantitative estimate of drug-likeness (QED) is 0.396. The van der Waals surface area contributed by atoms with Gasteiger partial charge in [-0.05, 0) is 39.2 Å². The molecule has 3 aromatic carbocycles. The number of hydrogen-bond donors (Lipinski definition) is 1. The van der Waals surface area contributed by atoms with Crippen molar-refractivity contribution in [3.8, 4) is 11.5 Å². The van der Waals surface area contributed by atoms with Gasteiger partial charge in [0.2, 0.25) is 5.91 Å². The number of hydrogen-bond acceptors (Lipinski definition) is 4. The molecule has 3 aromatic rings. The molecule has 0 heterocycles. The Hall–Kier alpha value is -3.12. The Morgan fingerprint density at radius 3 is 2.31 bits per heavy atom. The number of methoxy groups -OCH3 is 1. The molecule has 0 aliphatic rings. The lowest BCUT2D eigenvalue weighted by Gasteiger charge is -2.12. The Kier molecular flexibility index (Phi) is 7.41. The van der Waals surface area contributed by atoms with E-state index in [2.05, 4.69) is 26.5 Å². The molecule has 0 aliphatic heterocycles. The fraction of sp³-hybridized carbons (Fsp3) is 0.130. The summed E-state index contributed by atoms with van der Waals surface area (Å²) in [6, 6.07) is 23.1. The third-order valence-electron chi connectivity index (χ3n) is 4.12. The summed E-state index contributed by atoms with van der Waals surface area (Å²) in [4.78, 5) is 12.0. The lowest BCUT2D eigenvalue weighted by molar-refractivity contribution is -0.120. The van der Waals surface area contributed by atoms with Gasteiger partial charge in [0.05, 0.1) is 19.7 Å². The molecule has 148 valence electrons. The second-order valence-corrected chi connectivity index (χ2v) is 7.11. The SMILES string of the molecule is COc1cc(C=NNC(=O)Cc2ccccc2)c(Br)cc1OCc1ccccc1. The fourth-order valence-electron chi connectivity index (χ4n) is 2.65. The predicted octanol–water partition coefficient (Wildman–Crippen LogP) is 4.73. The van der Waals surface area contributed by atoms with Gasteiger partial charge >= 0.3 is 0 Å². The zero-order valence-electron chi connectivity index (χ0n) is 16.0. The zero-order valence-corrected chi connectivity index (χ0v) is 17.6. The molecule has 0 aliphatic carbocycles. The molecular weight excluding hydrogens is 432 g/mol. The number of rotatable bonds is 8. The molecule has 0 bridgehead atoms. The van der Waals surface area contributed by atoms with E-state index in [1.165, 1.54) is 0 Å². The molecule has 0 radical (unpaired) electrons. The highest BCUT2D eigenvalue weighted by Gasteiger charge is 2.10. The summed E-state index contributed by atoms with van der Waals surface area (Å²) in [5, 5.41) is 4.05. The van der Waals surface area contributed by atoms with E-state index in [4.69, 9.17) is 9.47 Å². The van der Waals surface area contributed by atoms with Crippen molar-refractivity contribution in [3.63, 3.8) is 0 Å². The maximum absolute atomic E-state index is 12.0. The summed E-state index contributed by atoms with van der Waals surface area (Å²) in [7, 11) is 1.58. The number of carbonyl (C=O) groups excluding carboxylic acids is 1. The van der Waals surface area contributed by atoms with E-state index in [9.17, 15) is 4.79 Å². The van der Waals surface area contributed by atoms with Crippen LogP contribution in [0.2, 0.25) is 0 Å². The van der Waals surface area contributed by atoms with Gasteiger partial charge in [0.15, 0.2) is 11.5 Å². The highest BCUT2D eigenvalue weighted by Crippen LogP contribution is 2.33. The van der Waals surface area contributed by atoms with Crippen molar-refractivity contribution in [1.82, 2.24) is 5.43 Å². The Bertz CT molecular complexity index is 976. The number of carbonyl (C=O) groups is 1. The molecule has 0 atom stereocenters. The summed E-state index contributed by atoms with van der Waals surface area (Å²) in [5.74, 6) is 1.02. The standard InChI is InChI=1S/C23H21BrN2O3/c1-28-21-13-19(15-25-26-23(27)12-17-8-4-2-5-9-17)20(24)14-22(21)29-16-18-10-6-3-7-11-18/h2-11,13-15H,12,16H2,1H3,(H,26,27). The molecule has 0 spiro atoms. The molecule has 5 nitrogen and oxygen atoms in total. The third-order valence-corrected chi connectivity index (χ3v) is 4.81. The van der Waals surface area contributed by atoms with Gasteiger partial charge in [-0.25, -0.2) is 5.43 Å². The van der Waals surface area contributed by atoms with E-state index in [1.807, 2.05) is 66.7 Å². The van der Waals surface area contributed by atoms with Crippen LogP contribution in [0.15, 0.2) is 82.4 Å². The number of benzene rings is 3. The Balaban J connectivity index is 1.63. The average Bonchev–Trinajstić information content (AvgIpc) is 2.75. The largest absolute Gasteiger partial charge is 0.493 e. The summed E-state index contributed by atoms with van der Waals surface area (Å²) < 4.78 is 12.1. The van der Waals surface area contributed by atoms with E-state index in [1.54, 1.807) is 19.4 Å². The molecule has 1 N–H and O–H groups in total. The van der Waals surface area contributed by atoms with Crippen molar-refractivity contribution in [3.05, 3.63) is 94.0 Å². The van der Waals surface area contributed by atoms with Gasteiger partial charge in [0, 0.05) is 10.0 Å². The number of nitrogens with one attached hydrogen (secondary N) is 1. The molecule has 6 heteroatoms. The highest BCUT2D eigenvalue weighted by atomic mass is 79.9. The summed E-state index contributed by atoms with van der Waals surface area (Å²) >= 11 is 3.52. The zero-order chi connectivity index (χ0) is 20.5. The van der Waals surface area contributed by atoms with Crippen molar-refractivity contribution in [2.24, 2.45) is 5.10 Å². The second-order valence-electron chi connectivity index (χ2n) is 6.25. The minimum absolute atomic E-state index is 0.182. The Morgan fingerprint density at radius 2 is 1.66 bits per heavy atom. The van der Waals surface area contributed by atoms with Crippen molar-refractivity contribution in [2.45, 2.75) is 13.0 Å². The molecule has 0 fully saturated rings. The van der Waals surface area contributed by atoms with Crippen LogP contribution >= 0.6 is 15.9 Å². The van der Waals surface area contributed by atoms with Crippen molar-refractivity contribution >= 4 is 28.1 Å². The second kappa shape index (κ2) is 10.4. The normalized spacial score (nSPS) is 10.7. The molecule has 0 saturated heterocycles. The topological polar surface area (TPSA) is 59.9 Å². The van der Waals surface area contributed by atoms with Crippen LogP contribution in [0.1, 0.15) is 16.7 Å². The van der Waals surface area contributed by atoms with Crippen LogP contribution in [0, 0.1) is 0 Å². The molecule has 29 heavy (non-hydrogen) atoms. The maximum atomic E-state index is 12.0. The molecule has 3 rings (SSSR count). The minimum Gasteiger partial charge on any atom is -0.493 e. The Labute approximate surface area is 178 Å². The summed E-state index contributed by atoms with van der Waals surface area (Å²) in [6.45, 7) is 0.437. The molecule has 0 saturated carbocycles. The molecule has 1 amide bonds. The van der Waals surface area contributed by atoms with Crippen LogP contribution in [0.4, 0.5) is 0 Å². The van der Waals surface area contributed by atoms with Crippen molar-refractivity contribution < 1.29 is 14.3 Å². The van der Waals surface area contributed by atoms with Crippen LogP contribution < -0.4 is 14.9 Å². The smallest absolute Gasteiger partial charge is 0.244 e. The average molecular weight is 453 g/mol.